The summed E-state index contributed by atoms with van der Waals surface area (Å²) in [6.07, 6.45) is 2.01. The second kappa shape index (κ2) is 3.92. The van der Waals surface area contributed by atoms with Crippen molar-refractivity contribution in [2.45, 2.75) is 12.1 Å². The third kappa shape index (κ3) is 1.63. The van der Waals surface area contributed by atoms with Crippen molar-refractivity contribution < 1.29 is 0 Å². The molecule has 0 amide bonds. The summed E-state index contributed by atoms with van der Waals surface area (Å²) in [7, 11) is 0. The maximum Gasteiger partial charge on any atom is 0.182 e. The monoisotopic (exact) mass is 244 g/mol. The smallest absolute Gasteiger partial charge is 0.182 e. The maximum atomic E-state index is 4.54. The van der Waals surface area contributed by atoms with E-state index < -0.39 is 0 Å². The van der Waals surface area contributed by atoms with Crippen molar-refractivity contribution in [3.63, 3.8) is 0 Å². The molecule has 0 fully saturated rings. The number of hydrogen-bond acceptors (Lipinski definition) is 3. The van der Waals surface area contributed by atoms with Crippen LogP contribution < -0.4 is 0 Å². The number of imidazole rings is 1. The molecule has 0 bridgehead atoms. The van der Waals surface area contributed by atoms with Crippen LogP contribution in [0.2, 0.25) is 0 Å². The molecule has 0 atom stereocenters. The van der Waals surface area contributed by atoms with E-state index in [1.165, 1.54) is 0 Å². The summed E-state index contributed by atoms with van der Waals surface area (Å²) in [5.74, 6) is 0. The number of nitrogens with one attached hydrogen (secondary N) is 1. The van der Waals surface area contributed by atoms with Gasteiger partial charge >= 0.3 is 0 Å². The fourth-order valence-electron chi connectivity index (χ4n) is 1.84. The van der Waals surface area contributed by atoms with Gasteiger partial charge in [-0.15, -0.1) is 0 Å². The van der Waals surface area contributed by atoms with Crippen LogP contribution in [0.25, 0.3) is 16.9 Å². The van der Waals surface area contributed by atoms with Crippen LogP contribution in [0.5, 0.6) is 0 Å². The first kappa shape index (κ1) is 10.4. The van der Waals surface area contributed by atoms with E-state index in [2.05, 4.69) is 15.1 Å². The van der Waals surface area contributed by atoms with Gasteiger partial charge in [0.2, 0.25) is 0 Å². The molecule has 0 radical (unpaired) electrons. The molecular weight excluding hydrogens is 232 g/mol. The van der Waals surface area contributed by atoms with Gasteiger partial charge in [0.1, 0.15) is 5.52 Å². The molecule has 0 unspecified atom stereocenters. The molecule has 86 valence electrons. The minimum absolute atomic E-state index is 0.887. The molecule has 1 aromatic carbocycles. The summed E-state index contributed by atoms with van der Waals surface area (Å²) in [5, 5.41) is 5.43. The molecule has 0 aliphatic rings. The van der Waals surface area contributed by atoms with Gasteiger partial charge in [0.05, 0.1) is 11.4 Å². The van der Waals surface area contributed by atoms with Crippen molar-refractivity contribution in [1.29, 1.82) is 0 Å². The molecule has 3 aromatic rings. The first-order chi connectivity index (χ1) is 8.29. The fraction of sp³-hybridized carbons (Fsp3) is 0.167. The number of hydrogen-bond donors (Lipinski definition) is 1. The SMILES string of the molecule is CSc1nc2c([nH]1)c(C)nn2-c1ccccc1. The number of aromatic amines is 1. The van der Waals surface area contributed by atoms with Crippen molar-refractivity contribution in [2.75, 3.05) is 6.26 Å². The van der Waals surface area contributed by atoms with Gasteiger partial charge in [-0.1, -0.05) is 30.0 Å². The number of nitrogens with zero attached hydrogens (tertiary/aromatic N) is 3. The average Bonchev–Trinajstić information content (AvgIpc) is 2.91. The molecule has 4 nitrogen and oxygen atoms in total. The molecule has 3 rings (SSSR count). The first-order valence-corrected chi connectivity index (χ1v) is 6.57. The predicted octanol–water partition coefficient (Wildman–Crippen LogP) is 2.78. The van der Waals surface area contributed by atoms with Gasteiger partial charge in [0.25, 0.3) is 0 Å². The molecule has 2 aromatic heterocycles. The lowest BCUT2D eigenvalue weighted by atomic mass is 10.3. The number of H-pyrrole nitrogens is 1. The number of thioether (sulfide) groups is 1. The Kier molecular flexibility index (Phi) is 2.40. The van der Waals surface area contributed by atoms with Crippen LogP contribution >= 0.6 is 11.8 Å². The normalized spacial score (nSPS) is 11.2. The van der Waals surface area contributed by atoms with Gasteiger partial charge in [-0.3, -0.25) is 0 Å². The second-order valence-corrected chi connectivity index (χ2v) is 4.57. The Bertz CT molecular complexity index is 654. The van der Waals surface area contributed by atoms with E-state index >= 15 is 0 Å². The van der Waals surface area contributed by atoms with Gasteiger partial charge in [-0.05, 0) is 25.3 Å². The summed E-state index contributed by atoms with van der Waals surface area (Å²) < 4.78 is 1.88. The highest BCUT2D eigenvalue weighted by Crippen LogP contribution is 2.22. The third-order valence-electron chi connectivity index (χ3n) is 2.67. The Balaban J connectivity index is 2.26. The Morgan fingerprint density at radius 2 is 2.00 bits per heavy atom. The number of fused-ring (bicyclic) bond motifs is 1. The van der Waals surface area contributed by atoms with Gasteiger partial charge in [-0.25, -0.2) is 9.67 Å². The molecule has 0 aliphatic heterocycles. The molecule has 5 heteroatoms. The number of aryl methyl sites for hydroxylation is 1. The third-order valence-corrected chi connectivity index (χ3v) is 3.25. The molecule has 1 N–H and O–H groups in total. The lowest BCUT2D eigenvalue weighted by molar-refractivity contribution is 0.864. The molecular formula is C12H12N4S. The quantitative estimate of drug-likeness (QED) is 0.705. The van der Waals surface area contributed by atoms with Gasteiger partial charge in [-0.2, -0.15) is 5.10 Å². The predicted molar refractivity (Wildman–Crippen MR) is 69.7 cm³/mol. The highest BCUT2D eigenvalue weighted by atomic mass is 32.2. The zero-order chi connectivity index (χ0) is 11.8. The molecule has 17 heavy (non-hydrogen) atoms. The van der Waals surface area contributed by atoms with Crippen molar-refractivity contribution >= 4 is 22.9 Å². The summed E-state index contributed by atoms with van der Waals surface area (Å²) in [6, 6.07) is 10.0. The Hall–Kier alpha value is -1.75. The van der Waals surface area contributed by atoms with Crippen LogP contribution in [0.4, 0.5) is 0 Å². The maximum absolute atomic E-state index is 4.54. The highest BCUT2D eigenvalue weighted by Gasteiger charge is 2.13. The Morgan fingerprint density at radius 3 is 2.71 bits per heavy atom. The summed E-state index contributed by atoms with van der Waals surface area (Å²) in [6.45, 7) is 1.99. The average molecular weight is 244 g/mol. The number of benzene rings is 1. The minimum Gasteiger partial charge on any atom is -0.330 e. The van der Waals surface area contributed by atoms with E-state index in [-0.39, 0.29) is 0 Å². The standard InChI is InChI=1S/C12H12N4S/c1-8-10-11(14-12(13-10)17-2)16(15-8)9-6-4-3-5-7-9/h3-7H,1-2H3,(H,13,14). The summed E-state index contributed by atoms with van der Waals surface area (Å²) >= 11 is 1.60. The summed E-state index contributed by atoms with van der Waals surface area (Å²) in [4.78, 5) is 7.81. The molecule has 2 heterocycles. The zero-order valence-electron chi connectivity index (χ0n) is 9.64. The number of rotatable bonds is 2. The van der Waals surface area contributed by atoms with Crippen LogP contribution in [-0.4, -0.2) is 26.0 Å². The van der Waals surface area contributed by atoms with Crippen LogP contribution in [-0.2, 0) is 0 Å². The van der Waals surface area contributed by atoms with Crippen molar-refractivity contribution in [3.8, 4) is 5.69 Å². The number of para-hydroxylation sites is 1. The minimum atomic E-state index is 0.887. The Morgan fingerprint density at radius 1 is 1.24 bits per heavy atom. The van der Waals surface area contributed by atoms with Crippen LogP contribution in [0.3, 0.4) is 0 Å². The van der Waals surface area contributed by atoms with Crippen molar-refractivity contribution in [1.82, 2.24) is 19.7 Å². The van der Waals surface area contributed by atoms with E-state index in [0.717, 1.165) is 27.7 Å². The van der Waals surface area contributed by atoms with Crippen LogP contribution in [0.15, 0.2) is 35.5 Å². The number of aromatic nitrogens is 4. The lowest BCUT2D eigenvalue weighted by Gasteiger charge is -1.99. The van der Waals surface area contributed by atoms with Crippen molar-refractivity contribution in [2.24, 2.45) is 0 Å². The highest BCUT2D eigenvalue weighted by molar-refractivity contribution is 7.98. The van der Waals surface area contributed by atoms with Gasteiger partial charge < -0.3 is 4.98 Å². The van der Waals surface area contributed by atoms with E-state index in [1.807, 2.05) is 48.2 Å². The van der Waals surface area contributed by atoms with E-state index in [0.29, 0.717) is 0 Å². The van der Waals surface area contributed by atoms with Crippen LogP contribution in [0, 0.1) is 6.92 Å². The molecule has 0 spiro atoms. The first-order valence-electron chi connectivity index (χ1n) is 5.34. The van der Waals surface area contributed by atoms with E-state index in [4.69, 9.17) is 0 Å². The largest absolute Gasteiger partial charge is 0.330 e. The van der Waals surface area contributed by atoms with E-state index in [9.17, 15) is 0 Å². The Labute approximate surface area is 103 Å². The van der Waals surface area contributed by atoms with E-state index in [1.54, 1.807) is 11.8 Å². The zero-order valence-corrected chi connectivity index (χ0v) is 10.5. The van der Waals surface area contributed by atoms with Crippen LogP contribution in [0.1, 0.15) is 5.69 Å². The molecule has 0 saturated heterocycles. The fourth-order valence-corrected chi connectivity index (χ4v) is 2.22. The molecule has 0 aliphatic carbocycles. The van der Waals surface area contributed by atoms with Gasteiger partial charge in [0, 0.05) is 0 Å². The summed E-state index contributed by atoms with van der Waals surface area (Å²) in [5.41, 5.74) is 3.90. The second-order valence-electron chi connectivity index (χ2n) is 3.78. The lowest BCUT2D eigenvalue weighted by Crippen LogP contribution is -1.96. The van der Waals surface area contributed by atoms with Crippen molar-refractivity contribution in [3.05, 3.63) is 36.0 Å². The topological polar surface area (TPSA) is 46.5 Å². The molecule has 0 saturated carbocycles. The van der Waals surface area contributed by atoms with Gasteiger partial charge in [0.15, 0.2) is 10.8 Å².